The summed E-state index contributed by atoms with van der Waals surface area (Å²) in [6.45, 7) is 4.14. The third-order valence-corrected chi connectivity index (χ3v) is 6.87. The van der Waals surface area contributed by atoms with Crippen LogP contribution in [0.15, 0.2) is 71.7 Å². The van der Waals surface area contributed by atoms with E-state index in [-0.39, 0.29) is 23.1 Å². The number of sulfonamides is 1. The normalized spacial score (nSPS) is 20.4. The highest BCUT2D eigenvalue weighted by Crippen LogP contribution is 2.37. The lowest BCUT2D eigenvalue weighted by Gasteiger charge is -2.29. The summed E-state index contributed by atoms with van der Waals surface area (Å²) in [5.41, 5.74) is 2.26. The smallest absolute Gasteiger partial charge is 0.238 e. The number of ether oxygens (including phenoxy) is 1. The van der Waals surface area contributed by atoms with Crippen molar-refractivity contribution in [3.8, 4) is 5.75 Å². The van der Waals surface area contributed by atoms with E-state index < -0.39 is 19.9 Å². The topological polar surface area (TPSA) is 98.5 Å². The van der Waals surface area contributed by atoms with Crippen LogP contribution in [0.3, 0.4) is 0 Å². The number of halogens is 2. The Labute approximate surface area is 201 Å². The zero-order chi connectivity index (χ0) is 23.5. The van der Waals surface area contributed by atoms with Crippen LogP contribution in [-0.2, 0) is 21.2 Å². The van der Waals surface area contributed by atoms with Gasteiger partial charge in [0.15, 0.2) is 3.78 Å². The van der Waals surface area contributed by atoms with E-state index in [0.29, 0.717) is 11.4 Å². The molecular formula is C23H24BrClN2O4S. The minimum atomic E-state index is -3.78. The summed E-state index contributed by atoms with van der Waals surface area (Å²) < 4.78 is 28.1. The van der Waals surface area contributed by atoms with Gasteiger partial charge in [-0.25, -0.2) is 13.6 Å². The minimum absolute atomic E-state index is 0.0182. The predicted octanol–water partition coefficient (Wildman–Crippen LogP) is 4.84. The van der Waals surface area contributed by atoms with E-state index in [0.717, 1.165) is 11.1 Å². The molecule has 0 saturated carbocycles. The first-order chi connectivity index (χ1) is 15.0. The Kier molecular flexibility index (Phi) is 7.50. The molecule has 3 N–H and O–H groups in total. The Hall–Kier alpha value is -2.13. The van der Waals surface area contributed by atoms with Gasteiger partial charge >= 0.3 is 0 Å². The van der Waals surface area contributed by atoms with E-state index in [1.54, 1.807) is 0 Å². The number of anilines is 1. The summed E-state index contributed by atoms with van der Waals surface area (Å²) in [6.07, 6.45) is 7.10. The Morgan fingerprint density at radius 1 is 1.22 bits per heavy atom. The highest BCUT2D eigenvalue weighted by atomic mass is 79.9. The third-order valence-electron chi connectivity index (χ3n) is 4.88. The number of carbonyl (C=O) groups excluding carboxylic acids is 1. The van der Waals surface area contributed by atoms with Gasteiger partial charge in [-0.05, 0) is 59.5 Å². The summed E-state index contributed by atoms with van der Waals surface area (Å²) in [4.78, 5) is 12.5. The second-order valence-electron chi connectivity index (χ2n) is 7.78. The average molecular weight is 540 g/mol. The second kappa shape index (κ2) is 9.79. The molecule has 2 aromatic carbocycles. The van der Waals surface area contributed by atoms with E-state index >= 15 is 0 Å². The van der Waals surface area contributed by atoms with E-state index in [1.807, 2.05) is 42.5 Å². The van der Waals surface area contributed by atoms with Gasteiger partial charge in [-0.2, -0.15) is 0 Å². The lowest BCUT2D eigenvalue weighted by molar-refractivity contribution is -0.115. The fraction of sp³-hybridized carbons (Fsp3) is 0.261. The van der Waals surface area contributed by atoms with Crippen LogP contribution >= 0.6 is 27.5 Å². The Morgan fingerprint density at radius 2 is 1.91 bits per heavy atom. The fourth-order valence-electron chi connectivity index (χ4n) is 3.21. The molecule has 2 unspecified atom stereocenters. The quantitative estimate of drug-likeness (QED) is 0.492. The lowest BCUT2D eigenvalue weighted by Crippen LogP contribution is -2.34. The highest BCUT2D eigenvalue weighted by molar-refractivity contribution is 9.10. The number of primary sulfonamides is 1. The molecule has 0 radical (unpaired) electrons. The monoisotopic (exact) mass is 538 g/mol. The molecule has 1 aliphatic rings. The maximum atomic E-state index is 12.5. The van der Waals surface area contributed by atoms with Crippen LogP contribution in [-0.4, -0.2) is 24.2 Å². The van der Waals surface area contributed by atoms with Gasteiger partial charge in [0, 0.05) is 5.69 Å². The number of hydrogen-bond acceptors (Lipinski definition) is 4. The molecule has 0 spiro atoms. The molecule has 1 aliphatic carbocycles. The van der Waals surface area contributed by atoms with Crippen LogP contribution in [0.25, 0.3) is 0 Å². The largest absolute Gasteiger partial charge is 0.483 e. The van der Waals surface area contributed by atoms with Crippen LogP contribution in [0.4, 0.5) is 5.69 Å². The summed E-state index contributed by atoms with van der Waals surface area (Å²) in [5, 5.41) is 7.85. The number of rotatable bonds is 7. The minimum Gasteiger partial charge on any atom is -0.483 e. The molecule has 6 nitrogen and oxygen atoms in total. The molecule has 0 saturated heterocycles. The lowest BCUT2D eigenvalue weighted by atomic mass is 9.99. The molecule has 0 bridgehead atoms. The zero-order valence-corrected chi connectivity index (χ0v) is 20.7. The Morgan fingerprint density at radius 3 is 2.50 bits per heavy atom. The van der Waals surface area contributed by atoms with Gasteiger partial charge in [-0.15, -0.1) is 0 Å². The molecule has 2 atom stereocenters. The number of benzene rings is 2. The molecule has 2 aromatic rings. The number of alkyl halides is 2. The van der Waals surface area contributed by atoms with Gasteiger partial charge in [0.1, 0.15) is 11.9 Å². The van der Waals surface area contributed by atoms with E-state index in [4.69, 9.17) is 21.5 Å². The standard InChI is InChI=1S/C23H24BrClN2O4S/c1-15(2)19-11-6-16(13-20(19)31-21-5-3-4-12-23(21,24)25)14-22(28)27-17-7-9-18(10-8-17)32(26,29)30/h3-13,15,21H,14H2,1-2H3,(H,27,28)(H2,26,29,30). The fourth-order valence-corrected chi connectivity index (χ4v) is 4.32. The van der Waals surface area contributed by atoms with Crippen LogP contribution in [0.5, 0.6) is 5.75 Å². The van der Waals surface area contributed by atoms with Crippen molar-refractivity contribution >= 4 is 49.1 Å². The molecule has 0 fully saturated rings. The van der Waals surface area contributed by atoms with Gasteiger partial charge < -0.3 is 10.1 Å². The summed E-state index contributed by atoms with van der Waals surface area (Å²) in [5.74, 6) is 0.634. The van der Waals surface area contributed by atoms with E-state index in [1.165, 1.54) is 24.3 Å². The van der Waals surface area contributed by atoms with E-state index in [9.17, 15) is 13.2 Å². The number of hydrogen-bond donors (Lipinski definition) is 2. The first-order valence-corrected chi connectivity index (χ1v) is 12.6. The number of nitrogens with two attached hydrogens (primary N) is 1. The van der Waals surface area contributed by atoms with Crippen molar-refractivity contribution in [3.63, 3.8) is 0 Å². The average Bonchev–Trinajstić information content (AvgIpc) is 2.69. The SMILES string of the molecule is CC(C)c1ccc(CC(=O)Nc2ccc(S(N)(=O)=O)cc2)cc1OC1C=CC=CC1(Cl)Br. The van der Waals surface area contributed by atoms with Gasteiger partial charge in [-0.1, -0.05) is 65.7 Å². The molecule has 32 heavy (non-hydrogen) atoms. The molecule has 0 aromatic heterocycles. The van der Waals surface area contributed by atoms with Crippen LogP contribution < -0.4 is 15.2 Å². The third kappa shape index (κ3) is 6.22. The first kappa shape index (κ1) is 24.5. The summed E-state index contributed by atoms with van der Waals surface area (Å²) in [7, 11) is -3.78. The van der Waals surface area contributed by atoms with Gasteiger partial charge in [-0.3, -0.25) is 4.79 Å². The van der Waals surface area contributed by atoms with Crippen LogP contribution in [0.1, 0.15) is 30.9 Å². The predicted molar refractivity (Wildman–Crippen MR) is 131 cm³/mol. The zero-order valence-electron chi connectivity index (χ0n) is 17.6. The summed E-state index contributed by atoms with van der Waals surface area (Å²) >= 11 is 10.0. The number of carbonyl (C=O) groups is 1. The maximum absolute atomic E-state index is 12.5. The van der Waals surface area contributed by atoms with Crippen molar-refractivity contribution in [3.05, 3.63) is 77.9 Å². The molecule has 0 heterocycles. The Balaban J connectivity index is 1.75. The number of amides is 1. The van der Waals surface area contributed by atoms with Crippen molar-refractivity contribution in [1.29, 1.82) is 0 Å². The van der Waals surface area contributed by atoms with E-state index in [2.05, 4.69) is 35.1 Å². The summed E-state index contributed by atoms with van der Waals surface area (Å²) in [6, 6.07) is 11.4. The molecule has 0 aliphatic heterocycles. The van der Waals surface area contributed by atoms with Crippen molar-refractivity contribution in [2.24, 2.45) is 5.14 Å². The van der Waals surface area contributed by atoms with Crippen molar-refractivity contribution in [2.75, 3.05) is 5.32 Å². The van der Waals surface area contributed by atoms with Crippen molar-refractivity contribution in [1.82, 2.24) is 0 Å². The Bertz CT molecular complexity index is 1160. The first-order valence-electron chi connectivity index (χ1n) is 9.92. The van der Waals surface area contributed by atoms with Crippen LogP contribution in [0.2, 0.25) is 0 Å². The van der Waals surface area contributed by atoms with Gasteiger partial charge in [0.2, 0.25) is 15.9 Å². The van der Waals surface area contributed by atoms with Crippen molar-refractivity contribution in [2.45, 2.75) is 41.0 Å². The molecule has 170 valence electrons. The maximum Gasteiger partial charge on any atom is 0.238 e. The number of nitrogens with one attached hydrogen (secondary N) is 1. The van der Waals surface area contributed by atoms with Gasteiger partial charge in [0.25, 0.3) is 0 Å². The van der Waals surface area contributed by atoms with Crippen molar-refractivity contribution < 1.29 is 17.9 Å². The number of allylic oxidation sites excluding steroid dienone is 2. The second-order valence-corrected chi connectivity index (χ2v) is 11.7. The van der Waals surface area contributed by atoms with Gasteiger partial charge in [0.05, 0.1) is 11.3 Å². The molecular weight excluding hydrogens is 516 g/mol. The van der Waals surface area contributed by atoms with Crippen LogP contribution in [0, 0.1) is 0 Å². The molecule has 9 heteroatoms. The highest BCUT2D eigenvalue weighted by Gasteiger charge is 2.33. The molecule has 3 rings (SSSR count). The molecule has 1 amide bonds.